The van der Waals surface area contributed by atoms with Crippen LogP contribution in [-0.2, 0) is 19.1 Å². The number of aliphatic hydroxyl groups is 1. The van der Waals surface area contributed by atoms with Gasteiger partial charge in [-0.3, -0.25) is 9.59 Å². The topological polar surface area (TPSA) is 72.8 Å². The molecule has 334 valence electrons. The van der Waals surface area contributed by atoms with E-state index >= 15 is 0 Å². The van der Waals surface area contributed by atoms with E-state index in [0.29, 0.717) is 12.8 Å². The van der Waals surface area contributed by atoms with Gasteiger partial charge >= 0.3 is 11.9 Å². The molecule has 0 heterocycles. The van der Waals surface area contributed by atoms with Crippen molar-refractivity contribution in [1.82, 2.24) is 0 Å². The van der Waals surface area contributed by atoms with E-state index in [1.807, 2.05) is 0 Å². The van der Waals surface area contributed by atoms with Crippen molar-refractivity contribution in [2.75, 3.05) is 13.2 Å². The number of carbonyl (C=O) groups is 2. The zero-order chi connectivity index (χ0) is 43.5. The predicted octanol–water partition coefficient (Wildman–Crippen LogP) is 15.5. The molecule has 5 nitrogen and oxygen atoms in total. The summed E-state index contributed by atoms with van der Waals surface area (Å²) in [5.41, 5.74) is 0. The third-order valence-electron chi connectivity index (χ3n) is 9.13. The van der Waals surface area contributed by atoms with Crippen LogP contribution in [0.5, 0.6) is 0 Å². The highest BCUT2D eigenvalue weighted by Gasteiger charge is 2.16. The Balaban J connectivity index is 3.72. The first kappa shape index (κ1) is 55.8. The summed E-state index contributed by atoms with van der Waals surface area (Å²) in [6.07, 6.45) is 74.9. The SMILES string of the molecule is CC/C=C\C/C=C\C/C=C\C/C=C\C/C=C\C/C=C\C/C=C\CCCCCC(=O)OC(CO)COC(=O)CCCCCCC/C=C\C/C=C\C/C=C\C/C=C\C/C=C\CC. The lowest BCUT2D eigenvalue weighted by molar-refractivity contribution is -0.161. The summed E-state index contributed by atoms with van der Waals surface area (Å²) in [6.45, 7) is 3.84. The van der Waals surface area contributed by atoms with Gasteiger partial charge in [0.2, 0.25) is 0 Å². The Morgan fingerprint density at radius 2 is 0.667 bits per heavy atom. The second-order valence-corrected chi connectivity index (χ2v) is 14.7. The molecule has 0 aliphatic heterocycles. The van der Waals surface area contributed by atoms with Gasteiger partial charge in [0.1, 0.15) is 6.61 Å². The fourth-order valence-corrected chi connectivity index (χ4v) is 5.68. The number of ether oxygens (including phenoxy) is 2. The Labute approximate surface area is 368 Å². The van der Waals surface area contributed by atoms with Crippen LogP contribution in [0.4, 0.5) is 0 Å². The van der Waals surface area contributed by atoms with E-state index in [1.54, 1.807) is 0 Å². The molecule has 0 spiro atoms. The molecule has 0 aliphatic carbocycles. The number of hydrogen-bond donors (Lipinski definition) is 1. The van der Waals surface area contributed by atoms with Crippen molar-refractivity contribution in [2.45, 2.75) is 174 Å². The van der Waals surface area contributed by atoms with E-state index < -0.39 is 6.10 Å². The molecule has 0 amide bonds. The molecule has 0 aliphatic rings. The highest BCUT2D eigenvalue weighted by atomic mass is 16.6. The Hall–Kier alpha value is -4.22. The Bertz CT molecular complexity index is 1350. The lowest BCUT2D eigenvalue weighted by Crippen LogP contribution is -2.28. The van der Waals surface area contributed by atoms with E-state index in [9.17, 15) is 14.7 Å². The molecular weight excluding hydrogens is 741 g/mol. The number of rotatable bonds is 40. The van der Waals surface area contributed by atoms with Gasteiger partial charge in [-0.15, -0.1) is 0 Å². The largest absolute Gasteiger partial charge is 0.462 e. The van der Waals surface area contributed by atoms with Crippen LogP contribution in [0.25, 0.3) is 0 Å². The summed E-state index contributed by atoms with van der Waals surface area (Å²) in [7, 11) is 0. The van der Waals surface area contributed by atoms with Crippen molar-refractivity contribution >= 4 is 11.9 Å². The minimum atomic E-state index is -0.811. The van der Waals surface area contributed by atoms with E-state index in [0.717, 1.165) is 141 Å². The third kappa shape index (κ3) is 46.5. The molecule has 1 atom stereocenters. The van der Waals surface area contributed by atoms with Crippen LogP contribution < -0.4 is 0 Å². The van der Waals surface area contributed by atoms with Gasteiger partial charge in [0.25, 0.3) is 0 Å². The summed E-state index contributed by atoms with van der Waals surface area (Å²) in [5, 5.41) is 9.61. The van der Waals surface area contributed by atoms with Gasteiger partial charge in [-0.25, -0.2) is 0 Å². The monoisotopic (exact) mass is 825 g/mol. The maximum Gasteiger partial charge on any atom is 0.306 e. The van der Waals surface area contributed by atoms with Crippen molar-refractivity contribution < 1.29 is 24.2 Å². The zero-order valence-electron chi connectivity index (χ0n) is 37.9. The minimum Gasteiger partial charge on any atom is -0.462 e. The molecule has 0 aromatic rings. The molecule has 1 unspecified atom stereocenters. The highest BCUT2D eigenvalue weighted by molar-refractivity contribution is 5.70. The molecule has 0 aromatic carbocycles. The Kier molecular flexibility index (Phi) is 45.7. The summed E-state index contributed by atoms with van der Waals surface area (Å²) in [4.78, 5) is 24.4. The van der Waals surface area contributed by atoms with E-state index in [-0.39, 0.29) is 25.2 Å². The van der Waals surface area contributed by atoms with Crippen LogP contribution in [-0.4, -0.2) is 36.4 Å². The van der Waals surface area contributed by atoms with Crippen LogP contribution in [0.3, 0.4) is 0 Å². The fourth-order valence-electron chi connectivity index (χ4n) is 5.68. The van der Waals surface area contributed by atoms with Gasteiger partial charge < -0.3 is 14.6 Å². The second kappa shape index (κ2) is 49.1. The molecule has 1 N–H and O–H groups in total. The molecule has 0 rings (SSSR count). The first-order chi connectivity index (χ1) is 29.6. The zero-order valence-corrected chi connectivity index (χ0v) is 37.9. The molecule has 0 aromatic heterocycles. The molecule has 60 heavy (non-hydrogen) atoms. The lowest BCUT2D eigenvalue weighted by Gasteiger charge is -2.15. The van der Waals surface area contributed by atoms with Gasteiger partial charge in [-0.2, -0.15) is 0 Å². The molecule has 0 bridgehead atoms. The van der Waals surface area contributed by atoms with Crippen molar-refractivity contribution in [3.05, 3.63) is 146 Å². The maximum atomic E-state index is 12.2. The van der Waals surface area contributed by atoms with Crippen molar-refractivity contribution in [3.8, 4) is 0 Å². The minimum absolute atomic E-state index is 0.101. The summed E-state index contributed by atoms with van der Waals surface area (Å²) >= 11 is 0. The van der Waals surface area contributed by atoms with Crippen LogP contribution in [0.15, 0.2) is 146 Å². The quantitative estimate of drug-likeness (QED) is 0.0378. The summed E-state index contributed by atoms with van der Waals surface area (Å²) in [6, 6.07) is 0. The normalized spacial score (nSPS) is 13.6. The van der Waals surface area contributed by atoms with Crippen molar-refractivity contribution in [3.63, 3.8) is 0 Å². The maximum absolute atomic E-state index is 12.2. The number of hydrogen-bond acceptors (Lipinski definition) is 5. The van der Waals surface area contributed by atoms with Crippen LogP contribution in [0.1, 0.15) is 168 Å². The average molecular weight is 825 g/mol. The standard InChI is InChI=1S/C55H84O5/c1-3-5-7-9-11-13-15-17-19-21-23-25-26-27-28-30-32-34-36-38-40-42-44-46-48-50-55(58)60-53(51-56)52-59-54(57)49-47-45-43-41-39-37-35-33-31-29-24-22-20-18-16-14-12-10-8-6-4-2/h5-8,11-14,17-20,23-25,27-29,32-35,38,40,53,56H,3-4,9-10,15-16,21-22,26,30-31,36-37,39,41-52H2,1-2H3/b7-5-,8-6-,13-11-,14-12-,19-17-,20-18-,25-23-,28-27-,29-24-,34-32-,35-33-,40-38-. The van der Waals surface area contributed by atoms with Gasteiger partial charge in [0, 0.05) is 12.8 Å². The van der Waals surface area contributed by atoms with Gasteiger partial charge in [0.05, 0.1) is 6.61 Å². The van der Waals surface area contributed by atoms with Crippen molar-refractivity contribution in [2.24, 2.45) is 0 Å². The smallest absolute Gasteiger partial charge is 0.306 e. The average Bonchev–Trinajstić information content (AvgIpc) is 3.25. The number of unbranched alkanes of at least 4 members (excludes halogenated alkanes) is 8. The predicted molar refractivity (Wildman–Crippen MR) is 260 cm³/mol. The van der Waals surface area contributed by atoms with Crippen LogP contribution in [0.2, 0.25) is 0 Å². The van der Waals surface area contributed by atoms with Gasteiger partial charge in [-0.1, -0.05) is 185 Å². The molecule has 0 saturated carbocycles. The van der Waals surface area contributed by atoms with Gasteiger partial charge in [0.15, 0.2) is 6.10 Å². The lowest BCUT2D eigenvalue weighted by atomic mass is 10.1. The molecule has 0 saturated heterocycles. The van der Waals surface area contributed by atoms with E-state index in [4.69, 9.17) is 9.47 Å². The third-order valence-corrected chi connectivity index (χ3v) is 9.13. The summed E-state index contributed by atoms with van der Waals surface area (Å²) < 4.78 is 10.6. The number of aliphatic hydroxyl groups excluding tert-OH is 1. The first-order valence-corrected chi connectivity index (χ1v) is 23.4. The highest BCUT2D eigenvalue weighted by Crippen LogP contribution is 2.10. The van der Waals surface area contributed by atoms with E-state index in [1.165, 1.54) is 0 Å². The van der Waals surface area contributed by atoms with Gasteiger partial charge in [-0.05, 0) is 116 Å². The van der Waals surface area contributed by atoms with Crippen LogP contribution >= 0.6 is 0 Å². The molecule has 5 heteroatoms. The molecule has 0 fully saturated rings. The molecule has 0 radical (unpaired) electrons. The Morgan fingerprint density at radius 1 is 0.383 bits per heavy atom. The molecular formula is C55H84O5. The summed E-state index contributed by atoms with van der Waals surface area (Å²) in [5.74, 6) is -0.667. The van der Waals surface area contributed by atoms with Crippen molar-refractivity contribution in [1.29, 1.82) is 0 Å². The van der Waals surface area contributed by atoms with Crippen LogP contribution in [0, 0.1) is 0 Å². The van der Waals surface area contributed by atoms with E-state index in [2.05, 4.69) is 160 Å². The number of esters is 2. The fraction of sp³-hybridized carbons (Fsp3) is 0.527. The first-order valence-electron chi connectivity index (χ1n) is 23.4. The second-order valence-electron chi connectivity index (χ2n) is 14.7. The Morgan fingerprint density at radius 3 is 1.02 bits per heavy atom. The number of allylic oxidation sites excluding steroid dienone is 24. The number of carbonyl (C=O) groups excluding carboxylic acids is 2.